The fourth-order valence-electron chi connectivity index (χ4n) is 3.13. The van der Waals surface area contributed by atoms with E-state index >= 15 is 0 Å². The van der Waals surface area contributed by atoms with Gasteiger partial charge in [-0.1, -0.05) is 19.8 Å². The van der Waals surface area contributed by atoms with Crippen LogP contribution in [0.15, 0.2) is 6.20 Å². The molecule has 1 aromatic heterocycles. The SMILES string of the molecule is CC1CCCC1CNC(=O)c1cn2c(n1)NCCC2. The van der Waals surface area contributed by atoms with Gasteiger partial charge in [-0.25, -0.2) is 4.98 Å². The van der Waals surface area contributed by atoms with Crippen LogP contribution >= 0.6 is 0 Å². The molecule has 1 aliphatic heterocycles. The molecule has 2 aliphatic rings. The van der Waals surface area contributed by atoms with Crippen LogP contribution < -0.4 is 10.6 Å². The normalized spacial score (nSPS) is 25.7. The van der Waals surface area contributed by atoms with Crippen LogP contribution in [0.3, 0.4) is 0 Å². The second kappa shape index (κ2) is 5.23. The topological polar surface area (TPSA) is 59.0 Å². The Kier molecular flexibility index (Phi) is 3.44. The number of carbonyl (C=O) groups is 1. The molecule has 19 heavy (non-hydrogen) atoms. The summed E-state index contributed by atoms with van der Waals surface area (Å²) in [5.74, 6) is 2.16. The second-order valence-corrected chi connectivity index (χ2v) is 5.80. The molecule has 0 saturated heterocycles. The lowest BCUT2D eigenvalue weighted by molar-refractivity contribution is 0.0940. The summed E-state index contributed by atoms with van der Waals surface area (Å²) >= 11 is 0. The maximum Gasteiger partial charge on any atom is 0.271 e. The number of aromatic nitrogens is 2. The summed E-state index contributed by atoms with van der Waals surface area (Å²) in [6, 6.07) is 0. The van der Waals surface area contributed by atoms with E-state index in [2.05, 4.69) is 22.5 Å². The number of nitrogens with zero attached hydrogens (tertiary/aromatic N) is 2. The zero-order valence-corrected chi connectivity index (χ0v) is 11.5. The van der Waals surface area contributed by atoms with Crippen molar-refractivity contribution in [2.75, 3.05) is 18.4 Å². The largest absolute Gasteiger partial charge is 0.356 e. The Hall–Kier alpha value is -1.52. The van der Waals surface area contributed by atoms with Crippen LogP contribution in [-0.4, -0.2) is 28.5 Å². The summed E-state index contributed by atoms with van der Waals surface area (Å²) in [5.41, 5.74) is 0.537. The third kappa shape index (κ3) is 2.60. The number of anilines is 1. The molecule has 1 fully saturated rings. The molecule has 1 aliphatic carbocycles. The molecular weight excluding hydrogens is 240 g/mol. The van der Waals surface area contributed by atoms with Gasteiger partial charge in [-0.05, 0) is 24.7 Å². The van der Waals surface area contributed by atoms with E-state index in [0.717, 1.165) is 37.9 Å². The van der Waals surface area contributed by atoms with Gasteiger partial charge in [0.1, 0.15) is 5.69 Å². The first-order chi connectivity index (χ1) is 9.24. The van der Waals surface area contributed by atoms with Crippen LogP contribution in [-0.2, 0) is 6.54 Å². The van der Waals surface area contributed by atoms with Crippen LogP contribution in [0.2, 0.25) is 0 Å². The van der Waals surface area contributed by atoms with E-state index in [1.54, 1.807) is 0 Å². The number of amides is 1. The predicted octanol–water partition coefficient (Wildman–Crippen LogP) is 1.86. The number of hydrogen-bond acceptors (Lipinski definition) is 3. The van der Waals surface area contributed by atoms with Crippen molar-refractivity contribution in [1.29, 1.82) is 0 Å². The van der Waals surface area contributed by atoms with Gasteiger partial charge < -0.3 is 15.2 Å². The lowest BCUT2D eigenvalue weighted by Gasteiger charge is -2.15. The van der Waals surface area contributed by atoms with E-state index in [9.17, 15) is 4.79 Å². The molecule has 3 rings (SSSR count). The number of imidazole rings is 1. The zero-order valence-electron chi connectivity index (χ0n) is 11.5. The fraction of sp³-hybridized carbons (Fsp3) is 0.714. The second-order valence-electron chi connectivity index (χ2n) is 5.80. The zero-order chi connectivity index (χ0) is 13.2. The van der Waals surface area contributed by atoms with Gasteiger partial charge in [-0.3, -0.25) is 4.79 Å². The molecule has 1 aromatic rings. The molecule has 0 spiro atoms. The molecule has 2 heterocycles. The number of carbonyl (C=O) groups excluding carboxylic acids is 1. The molecule has 104 valence electrons. The lowest BCUT2D eigenvalue weighted by Crippen LogP contribution is -2.30. The summed E-state index contributed by atoms with van der Waals surface area (Å²) in [5, 5.41) is 6.25. The summed E-state index contributed by atoms with van der Waals surface area (Å²) in [6.07, 6.45) is 6.77. The number of aryl methyl sites for hydroxylation is 1. The summed E-state index contributed by atoms with van der Waals surface area (Å²) in [4.78, 5) is 16.5. The number of rotatable bonds is 3. The van der Waals surface area contributed by atoms with Crippen molar-refractivity contribution < 1.29 is 4.79 Å². The molecule has 2 N–H and O–H groups in total. The Morgan fingerprint density at radius 1 is 1.53 bits per heavy atom. The average molecular weight is 262 g/mol. The maximum absolute atomic E-state index is 12.1. The number of hydrogen-bond donors (Lipinski definition) is 2. The molecule has 5 heteroatoms. The van der Waals surface area contributed by atoms with E-state index in [1.807, 2.05) is 10.8 Å². The van der Waals surface area contributed by atoms with E-state index in [-0.39, 0.29) is 5.91 Å². The molecule has 2 atom stereocenters. The highest BCUT2D eigenvalue weighted by Crippen LogP contribution is 2.30. The van der Waals surface area contributed by atoms with Gasteiger partial charge in [0, 0.05) is 25.8 Å². The summed E-state index contributed by atoms with van der Waals surface area (Å²) in [6.45, 7) is 4.96. The molecular formula is C14H22N4O. The van der Waals surface area contributed by atoms with E-state index in [1.165, 1.54) is 19.3 Å². The molecule has 0 aromatic carbocycles. The highest BCUT2D eigenvalue weighted by molar-refractivity contribution is 5.92. The van der Waals surface area contributed by atoms with Crippen molar-refractivity contribution in [1.82, 2.24) is 14.9 Å². The van der Waals surface area contributed by atoms with Gasteiger partial charge in [-0.15, -0.1) is 0 Å². The van der Waals surface area contributed by atoms with Gasteiger partial charge in [0.25, 0.3) is 5.91 Å². The van der Waals surface area contributed by atoms with Gasteiger partial charge in [0.2, 0.25) is 5.95 Å². The van der Waals surface area contributed by atoms with Crippen molar-refractivity contribution in [3.05, 3.63) is 11.9 Å². The third-order valence-electron chi connectivity index (χ3n) is 4.43. The minimum absolute atomic E-state index is 0.0391. The van der Waals surface area contributed by atoms with Crippen molar-refractivity contribution >= 4 is 11.9 Å². The van der Waals surface area contributed by atoms with Crippen LogP contribution in [0.25, 0.3) is 0 Å². The van der Waals surface area contributed by atoms with Crippen LogP contribution in [0.5, 0.6) is 0 Å². The maximum atomic E-state index is 12.1. The Balaban J connectivity index is 1.59. The molecule has 2 unspecified atom stereocenters. The Morgan fingerprint density at radius 3 is 3.16 bits per heavy atom. The Labute approximate surface area is 113 Å². The van der Waals surface area contributed by atoms with E-state index in [0.29, 0.717) is 11.6 Å². The van der Waals surface area contributed by atoms with Crippen molar-refractivity contribution in [2.45, 2.75) is 39.2 Å². The monoisotopic (exact) mass is 262 g/mol. The standard InChI is InChI=1S/C14H22N4O/c1-10-4-2-5-11(10)8-16-13(19)12-9-18-7-3-6-15-14(18)17-12/h9-11H,2-8H2,1H3,(H,15,17)(H,16,19). The molecule has 0 radical (unpaired) electrons. The predicted molar refractivity (Wildman–Crippen MR) is 74.2 cm³/mol. The van der Waals surface area contributed by atoms with E-state index in [4.69, 9.17) is 0 Å². The van der Waals surface area contributed by atoms with Crippen molar-refractivity contribution in [2.24, 2.45) is 11.8 Å². The van der Waals surface area contributed by atoms with Crippen LogP contribution in [0, 0.1) is 11.8 Å². The Morgan fingerprint density at radius 2 is 2.42 bits per heavy atom. The minimum Gasteiger partial charge on any atom is -0.356 e. The Bertz CT molecular complexity index is 445. The third-order valence-corrected chi connectivity index (χ3v) is 4.43. The first-order valence-corrected chi connectivity index (χ1v) is 7.33. The van der Waals surface area contributed by atoms with Crippen molar-refractivity contribution in [3.8, 4) is 0 Å². The minimum atomic E-state index is -0.0391. The van der Waals surface area contributed by atoms with Crippen molar-refractivity contribution in [3.63, 3.8) is 0 Å². The molecule has 5 nitrogen and oxygen atoms in total. The quantitative estimate of drug-likeness (QED) is 0.874. The van der Waals surface area contributed by atoms with E-state index < -0.39 is 0 Å². The first kappa shape index (κ1) is 12.5. The van der Waals surface area contributed by atoms with Crippen LogP contribution in [0.1, 0.15) is 43.1 Å². The summed E-state index contributed by atoms with van der Waals surface area (Å²) < 4.78 is 2.02. The fourth-order valence-corrected chi connectivity index (χ4v) is 3.13. The number of nitrogens with one attached hydrogen (secondary N) is 2. The average Bonchev–Trinajstić information content (AvgIpc) is 3.01. The van der Waals surface area contributed by atoms with Gasteiger partial charge in [-0.2, -0.15) is 0 Å². The number of fused-ring (bicyclic) bond motifs is 1. The highest BCUT2D eigenvalue weighted by atomic mass is 16.1. The van der Waals surface area contributed by atoms with Gasteiger partial charge >= 0.3 is 0 Å². The molecule has 0 bridgehead atoms. The van der Waals surface area contributed by atoms with Gasteiger partial charge in [0.15, 0.2) is 0 Å². The smallest absolute Gasteiger partial charge is 0.271 e. The summed E-state index contributed by atoms with van der Waals surface area (Å²) in [7, 11) is 0. The molecule has 1 saturated carbocycles. The highest BCUT2D eigenvalue weighted by Gasteiger charge is 2.24. The first-order valence-electron chi connectivity index (χ1n) is 7.33. The van der Waals surface area contributed by atoms with Gasteiger partial charge in [0.05, 0.1) is 0 Å². The molecule has 1 amide bonds. The lowest BCUT2D eigenvalue weighted by atomic mass is 9.98. The van der Waals surface area contributed by atoms with Crippen LogP contribution in [0.4, 0.5) is 5.95 Å².